The highest BCUT2D eigenvalue weighted by Gasteiger charge is 2.57. The van der Waals surface area contributed by atoms with E-state index >= 15 is 0 Å². The molecule has 0 radical (unpaired) electrons. The number of methoxy groups -OCH3 is 1. The number of hydrogen-bond donors (Lipinski definition) is 0. The summed E-state index contributed by atoms with van der Waals surface area (Å²) in [5.41, 5.74) is -1.39. The van der Waals surface area contributed by atoms with Crippen molar-refractivity contribution >= 4 is 15.9 Å². The number of nitrogens with zero attached hydrogens (tertiary/aromatic N) is 2. The van der Waals surface area contributed by atoms with Gasteiger partial charge in [-0.25, -0.2) is 17.2 Å². The molecule has 0 bridgehead atoms. The van der Waals surface area contributed by atoms with Crippen molar-refractivity contribution in [2.75, 3.05) is 39.9 Å². The third-order valence-electron chi connectivity index (χ3n) is 5.25. The van der Waals surface area contributed by atoms with Gasteiger partial charge < -0.3 is 9.64 Å². The number of benzene rings is 1. The standard InChI is InChI=1S/C18H24F2N2O4S/c1-26-11-10-21-9-5-8-17(16(21)23)12-18(19,20)14-22(13-17)27(24,25)15-6-3-2-4-7-15/h2-4,6-7H,5,8-14H2,1H3/t17-/m0/s1. The summed E-state index contributed by atoms with van der Waals surface area (Å²) in [7, 11) is -2.60. The highest BCUT2D eigenvalue weighted by atomic mass is 32.2. The van der Waals surface area contributed by atoms with Crippen LogP contribution in [0.15, 0.2) is 35.2 Å². The molecule has 1 atom stereocenters. The zero-order valence-corrected chi connectivity index (χ0v) is 16.1. The van der Waals surface area contributed by atoms with Gasteiger partial charge in [0.25, 0.3) is 5.92 Å². The minimum atomic E-state index is -4.11. The smallest absolute Gasteiger partial charge is 0.262 e. The molecule has 6 nitrogen and oxygen atoms in total. The van der Waals surface area contributed by atoms with E-state index in [-0.39, 0.29) is 17.9 Å². The van der Waals surface area contributed by atoms with Gasteiger partial charge in [0.1, 0.15) is 0 Å². The molecule has 0 aromatic heterocycles. The van der Waals surface area contributed by atoms with Crippen LogP contribution in [0.1, 0.15) is 19.3 Å². The number of sulfonamides is 1. The molecule has 150 valence electrons. The van der Waals surface area contributed by atoms with Gasteiger partial charge in [-0.15, -0.1) is 0 Å². The first kappa shape index (κ1) is 20.2. The summed E-state index contributed by atoms with van der Waals surface area (Å²) < 4.78 is 60.8. The Bertz CT molecular complexity index is 788. The monoisotopic (exact) mass is 402 g/mol. The van der Waals surface area contributed by atoms with Crippen LogP contribution in [-0.4, -0.2) is 69.3 Å². The highest BCUT2D eigenvalue weighted by Crippen LogP contribution is 2.46. The average Bonchev–Trinajstić information content (AvgIpc) is 2.62. The molecule has 2 heterocycles. The normalized spacial score (nSPS) is 26.5. The summed E-state index contributed by atoms with van der Waals surface area (Å²) in [4.78, 5) is 14.5. The molecule has 1 aromatic carbocycles. The Balaban J connectivity index is 1.92. The van der Waals surface area contributed by atoms with E-state index in [0.717, 1.165) is 4.31 Å². The minimum Gasteiger partial charge on any atom is -0.383 e. The van der Waals surface area contributed by atoms with E-state index in [0.29, 0.717) is 26.1 Å². The predicted molar refractivity (Wildman–Crippen MR) is 94.9 cm³/mol. The molecule has 0 unspecified atom stereocenters. The van der Waals surface area contributed by atoms with Crippen LogP contribution in [0.2, 0.25) is 0 Å². The van der Waals surface area contributed by atoms with Gasteiger partial charge in [0.2, 0.25) is 15.9 Å². The SMILES string of the molecule is COCCN1CCC[C@]2(CN(S(=O)(=O)c3ccccc3)CC(F)(F)C2)C1=O. The second-order valence-corrected chi connectivity index (χ2v) is 9.23. The van der Waals surface area contributed by atoms with Gasteiger partial charge in [-0.05, 0) is 25.0 Å². The van der Waals surface area contributed by atoms with Gasteiger partial charge in [-0.2, -0.15) is 4.31 Å². The fourth-order valence-corrected chi connectivity index (χ4v) is 5.62. The maximum Gasteiger partial charge on any atom is 0.262 e. The molecule has 27 heavy (non-hydrogen) atoms. The molecule has 2 aliphatic heterocycles. The fourth-order valence-electron chi connectivity index (χ4n) is 4.05. The maximum atomic E-state index is 14.6. The molecule has 1 spiro atoms. The van der Waals surface area contributed by atoms with Crippen LogP contribution in [0.4, 0.5) is 8.78 Å². The van der Waals surface area contributed by atoms with Crippen LogP contribution in [0.3, 0.4) is 0 Å². The summed E-state index contributed by atoms with van der Waals surface area (Å²) in [5, 5.41) is 0. The van der Waals surface area contributed by atoms with Crippen LogP contribution in [0.25, 0.3) is 0 Å². The Hall–Kier alpha value is -1.58. The van der Waals surface area contributed by atoms with Gasteiger partial charge in [-0.3, -0.25) is 4.79 Å². The van der Waals surface area contributed by atoms with E-state index in [1.165, 1.54) is 24.1 Å². The molecular weight excluding hydrogens is 378 g/mol. The van der Waals surface area contributed by atoms with E-state index in [1.54, 1.807) is 18.2 Å². The zero-order valence-electron chi connectivity index (χ0n) is 15.2. The Morgan fingerprint density at radius 2 is 1.89 bits per heavy atom. The van der Waals surface area contributed by atoms with E-state index in [4.69, 9.17) is 4.74 Å². The van der Waals surface area contributed by atoms with E-state index in [1.807, 2.05) is 0 Å². The first-order chi connectivity index (χ1) is 12.7. The van der Waals surface area contributed by atoms with E-state index < -0.39 is 40.2 Å². The number of amides is 1. The van der Waals surface area contributed by atoms with Gasteiger partial charge in [0, 0.05) is 33.2 Å². The second-order valence-electron chi connectivity index (χ2n) is 7.29. The summed E-state index contributed by atoms with van der Waals surface area (Å²) in [6, 6.07) is 7.50. The van der Waals surface area contributed by atoms with Crippen LogP contribution in [0.5, 0.6) is 0 Å². The molecule has 9 heteroatoms. The molecule has 1 aromatic rings. The number of halogens is 2. The number of carbonyl (C=O) groups is 1. The molecule has 2 saturated heterocycles. The fraction of sp³-hybridized carbons (Fsp3) is 0.611. The summed E-state index contributed by atoms with van der Waals surface area (Å²) in [6.07, 6.45) is 0.194. The highest BCUT2D eigenvalue weighted by molar-refractivity contribution is 7.89. The second kappa shape index (κ2) is 7.44. The molecule has 0 saturated carbocycles. The van der Waals surface area contributed by atoms with Crippen LogP contribution in [0, 0.1) is 5.41 Å². The van der Waals surface area contributed by atoms with Crippen LogP contribution < -0.4 is 0 Å². The first-order valence-electron chi connectivity index (χ1n) is 8.92. The molecule has 1 amide bonds. The number of likely N-dealkylation sites (tertiary alicyclic amines) is 1. The van der Waals surface area contributed by atoms with Gasteiger partial charge in [0.05, 0.1) is 23.5 Å². The molecule has 2 fully saturated rings. The number of rotatable bonds is 5. The zero-order chi connectivity index (χ0) is 19.7. The third-order valence-corrected chi connectivity index (χ3v) is 7.06. The summed E-state index contributed by atoms with van der Waals surface area (Å²) in [5.74, 6) is -3.67. The van der Waals surface area contributed by atoms with Crippen molar-refractivity contribution in [1.82, 2.24) is 9.21 Å². The van der Waals surface area contributed by atoms with E-state index in [2.05, 4.69) is 0 Å². The quantitative estimate of drug-likeness (QED) is 0.755. The molecule has 3 rings (SSSR count). The number of hydrogen-bond acceptors (Lipinski definition) is 4. The lowest BCUT2D eigenvalue weighted by molar-refractivity contribution is -0.164. The number of ether oxygens (including phenoxy) is 1. The largest absolute Gasteiger partial charge is 0.383 e. The molecule has 0 aliphatic carbocycles. The van der Waals surface area contributed by atoms with Crippen molar-refractivity contribution in [3.8, 4) is 0 Å². The average molecular weight is 402 g/mol. The first-order valence-corrected chi connectivity index (χ1v) is 10.4. The number of alkyl halides is 2. The molecular formula is C18H24F2N2O4S. The summed E-state index contributed by atoms with van der Waals surface area (Å²) in [6.45, 7) is -0.0290. The molecule has 2 aliphatic rings. The van der Waals surface area contributed by atoms with Crippen molar-refractivity contribution in [3.05, 3.63) is 30.3 Å². The minimum absolute atomic E-state index is 0.0441. The maximum absolute atomic E-state index is 14.6. The Morgan fingerprint density at radius 1 is 1.19 bits per heavy atom. The number of piperidine rings is 2. The van der Waals surface area contributed by atoms with Gasteiger partial charge in [-0.1, -0.05) is 18.2 Å². The van der Waals surface area contributed by atoms with Gasteiger partial charge >= 0.3 is 0 Å². The van der Waals surface area contributed by atoms with Crippen LogP contribution >= 0.6 is 0 Å². The van der Waals surface area contributed by atoms with Crippen LogP contribution in [-0.2, 0) is 19.6 Å². The Morgan fingerprint density at radius 3 is 2.56 bits per heavy atom. The summed E-state index contributed by atoms with van der Waals surface area (Å²) >= 11 is 0. The van der Waals surface area contributed by atoms with Crippen molar-refractivity contribution < 1.29 is 26.7 Å². The lowest BCUT2D eigenvalue weighted by Crippen LogP contribution is -2.62. The van der Waals surface area contributed by atoms with Crippen molar-refractivity contribution in [1.29, 1.82) is 0 Å². The Labute approximate surface area is 158 Å². The lowest BCUT2D eigenvalue weighted by atomic mass is 9.72. The lowest BCUT2D eigenvalue weighted by Gasteiger charge is -2.48. The van der Waals surface area contributed by atoms with Crippen molar-refractivity contribution in [3.63, 3.8) is 0 Å². The Kier molecular flexibility index (Phi) is 5.56. The molecule has 0 N–H and O–H groups in total. The topological polar surface area (TPSA) is 66.9 Å². The van der Waals surface area contributed by atoms with E-state index in [9.17, 15) is 22.0 Å². The van der Waals surface area contributed by atoms with Gasteiger partial charge in [0.15, 0.2) is 0 Å². The predicted octanol–water partition coefficient (Wildman–Crippen LogP) is 1.97. The number of carbonyl (C=O) groups excluding carboxylic acids is 1. The van der Waals surface area contributed by atoms with Crippen molar-refractivity contribution in [2.24, 2.45) is 5.41 Å². The van der Waals surface area contributed by atoms with Crippen molar-refractivity contribution in [2.45, 2.75) is 30.1 Å². The third kappa shape index (κ3) is 4.00.